The van der Waals surface area contributed by atoms with E-state index in [9.17, 15) is 35.0 Å². The van der Waals surface area contributed by atoms with Crippen LogP contribution in [0.3, 0.4) is 0 Å². The molecule has 2 heterocycles. The van der Waals surface area contributed by atoms with Crippen molar-refractivity contribution in [3.63, 3.8) is 0 Å². The summed E-state index contributed by atoms with van der Waals surface area (Å²) in [5.41, 5.74) is 0. The molecule has 0 radical (unpaired) electrons. The average molecular weight is 344 g/mol. The van der Waals surface area contributed by atoms with Crippen LogP contribution in [-0.4, -0.2) is 110 Å². The lowest BCUT2D eigenvalue weighted by Gasteiger charge is -2.45. The molecule has 2 aliphatic heterocycles. The molecule has 0 aromatic rings. The molecule has 23 heavy (non-hydrogen) atoms. The predicted molar refractivity (Wildman–Crippen MR) is 67.5 cm³/mol. The van der Waals surface area contributed by atoms with Crippen LogP contribution in [0.1, 0.15) is 0 Å². The van der Waals surface area contributed by atoms with Gasteiger partial charge < -0.3 is 50.0 Å². The van der Waals surface area contributed by atoms with Crippen LogP contribution in [0.5, 0.6) is 0 Å². The highest BCUT2D eigenvalue weighted by Crippen LogP contribution is 2.28. The summed E-state index contributed by atoms with van der Waals surface area (Å²) in [5.74, 6) is 0. The smallest absolute Gasteiger partial charge is 0.187 e. The maximum atomic E-state index is 13.0. The maximum absolute atomic E-state index is 13.0. The quantitative estimate of drug-likeness (QED) is 0.264. The minimum atomic E-state index is -1.82. The Labute approximate surface area is 130 Å². The van der Waals surface area contributed by atoms with Crippen molar-refractivity contribution in [1.82, 2.24) is 0 Å². The molecule has 0 aromatic heterocycles. The van der Waals surface area contributed by atoms with Crippen LogP contribution in [0.2, 0.25) is 0 Å². The number of halogens is 1. The van der Waals surface area contributed by atoms with Crippen LogP contribution in [0, 0.1) is 0 Å². The van der Waals surface area contributed by atoms with Crippen molar-refractivity contribution in [2.24, 2.45) is 0 Å². The fourth-order valence-corrected chi connectivity index (χ4v) is 2.55. The van der Waals surface area contributed by atoms with Gasteiger partial charge in [0.25, 0.3) is 0 Å². The molecule has 7 N–H and O–H groups in total. The first-order valence-corrected chi connectivity index (χ1v) is 7.03. The van der Waals surface area contributed by atoms with Gasteiger partial charge >= 0.3 is 0 Å². The van der Waals surface area contributed by atoms with E-state index < -0.39 is 74.7 Å². The average Bonchev–Trinajstić information content (AvgIpc) is 2.55. The zero-order valence-electron chi connectivity index (χ0n) is 11.9. The van der Waals surface area contributed by atoms with Gasteiger partial charge in [0.1, 0.15) is 55.5 Å². The highest BCUT2D eigenvalue weighted by molar-refractivity contribution is 4.93. The first-order chi connectivity index (χ1) is 10.8. The Morgan fingerprint density at radius 2 is 1.43 bits per heavy atom. The van der Waals surface area contributed by atoms with Gasteiger partial charge in [-0.15, -0.1) is 0 Å². The van der Waals surface area contributed by atoms with E-state index in [0.717, 1.165) is 0 Å². The van der Waals surface area contributed by atoms with E-state index in [0.29, 0.717) is 0 Å². The van der Waals surface area contributed by atoms with Gasteiger partial charge in [-0.1, -0.05) is 0 Å². The number of hydrogen-bond donors (Lipinski definition) is 7. The molecule has 2 saturated heterocycles. The second kappa shape index (κ2) is 7.61. The number of aliphatic hydroxyl groups is 7. The molecule has 0 amide bonds. The number of ether oxygens (including phenoxy) is 3. The molecule has 2 rings (SSSR count). The number of hydrogen-bond acceptors (Lipinski definition) is 10. The Bertz CT molecular complexity index is 383. The van der Waals surface area contributed by atoms with Crippen LogP contribution in [-0.2, 0) is 14.2 Å². The highest BCUT2D eigenvalue weighted by atomic mass is 19.1. The van der Waals surface area contributed by atoms with Crippen molar-refractivity contribution >= 4 is 0 Å². The lowest BCUT2D eigenvalue weighted by Crippen LogP contribution is -2.64. The van der Waals surface area contributed by atoms with Crippen molar-refractivity contribution in [3.05, 3.63) is 0 Å². The van der Waals surface area contributed by atoms with Gasteiger partial charge in [0, 0.05) is 0 Å². The summed E-state index contributed by atoms with van der Waals surface area (Å²) < 4.78 is 28.0. The van der Waals surface area contributed by atoms with Crippen molar-refractivity contribution in [3.8, 4) is 0 Å². The molecule has 0 saturated carbocycles. The summed E-state index contributed by atoms with van der Waals surface area (Å²) in [6.45, 7) is -1.87. The van der Waals surface area contributed by atoms with Gasteiger partial charge in [0.05, 0.1) is 6.61 Å². The third-order valence-corrected chi connectivity index (χ3v) is 3.95. The van der Waals surface area contributed by atoms with Crippen LogP contribution < -0.4 is 0 Å². The first kappa shape index (κ1) is 18.9. The van der Waals surface area contributed by atoms with E-state index in [-0.39, 0.29) is 0 Å². The van der Waals surface area contributed by atoms with Gasteiger partial charge in [-0.3, -0.25) is 0 Å². The van der Waals surface area contributed by atoms with E-state index in [4.69, 9.17) is 19.3 Å². The Kier molecular flexibility index (Phi) is 6.24. The van der Waals surface area contributed by atoms with E-state index in [1.807, 2.05) is 0 Å². The zero-order chi connectivity index (χ0) is 17.3. The SMILES string of the molecule is OCC1O[C@@H](O[C@@H]2C(CF)O[C@@H](O)[C@@H](O)C2O)C(O)[C@@H](O)[C@H]1O. The summed E-state index contributed by atoms with van der Waals surface area (Å²) in [5, 5.41) is 67.0. The van der Waals surface area contributed by atoms with Crippen molar-refractivity contribution < 1.29 is 54.3 Å². The molecule has 0 aliphatic carbocycles. The molecular weight excluding hydrogens is 323 g/mol. The minimum Gasteiger partial charge on any atom is -0.394 e. The zero-order valence-corrected chi connectivity index (χ0v) is 11.9. The standard InChI is InChI=1S/C12H21FO10/c13-1-3-10(7(17)8(18)11(20)21-3)23-12-9(19)6(16)5(15)4(2-14)22-12/h3-12,14-20H,1-2H2/t3?,4?,5-,6-,7?,8-,9?,10+,11+,12-/m0/s1. The Balaban J connectivity index is 2.11. The third kappa shape index (κ3) is 3.64. The summed E-state index contributed by atoms with van der Waals surface area (Å²) in [4.78, 5) is 0. The van der Waals surface area contributed by atoms with Gasteiger partial charge in [-0.05, 0) is 0 Å². The molecule has 2 aliphatic rings. The largest absolute Gasteiger partial charge is 0.394 e. The molecular formula is C12H21FO10. The summed E-state index contributed by atoms with van der Waals surface area (Å²) >= 11 is 0. The molecule has 136 valence electrons. The molecule has 4 unspecified atom stereocenters. The Morgan fingerprint density at radius 1 is 0.783 bits per heavy atom. The van der Waals surface area contributed by atoms with Gasteiger partial charge in [0.2, 0.25) is 0 Å². The maximum Gasteiger partial charge on any atom is 0.187 e. The highest BCUT2D eigenvalue weighted by Gasteiger charge is 2.50. The fraction of sp³-hybridized carbons (Fsp3) is 1.00. The van der Waals surface area contributed by atoms with Gasteiger partial charge in [-0.25, -0.2) is 4.39 Å². The summed E-state index contributed by atoms with van der Waals surface area (Å²) in [6.07, 6.45) is -16.3. The van der Waals surface area contributed by atoms with E-state index in [1.54, 1.807) is 0 Å². The number of rotatable bonds is 4. The first-order valence-electron chi connectivity index (χ1n) is 7.03. The van der Waals surface area contributed by atoms with Crippen LogP contribution >= 0.6 is 0 Å². The summed E-state index contributed by atoms with van der Waals surface area (Å²) in [6, 6.07) is 0. The lowest BCUT2D eigenvalue weighted by atomic mass is 9.97. The summed E-state index contributed by atoms with van der Waals surface area (Å²) in [7, 11) is 0. The van der Waals surface area contributed by atoms with E-state index in [1.165, 1.54) is 0 Å². The number of alkyl halides is 1. The predicted octanol–water partition coefficient (Wildman–Crippen LogP) is -4.42. The van der Waals surface area contributed by atoms with Crippen LogP contribution in [0.15, 0.2) is 0 Å². The van der Waals surface area contributed by atoms with Crippen molar-refractivity contribution in [2.45, 2.75) is 61.4 Å². The molecule has 0 bridgehead atoms. The van der Waals surface area contributed by atoms with E-state index >= 15 is 0 Å². The fourth-order valence-electron chi connectivity index (χ4n) is 2.55. The van der Waals surface area contributed by atoms with E-state index in [2.05, 4.69) is 0 Å². The Hall–Kier alpha value is -0.470. The molecule has 2 fully saturated rings. The lowest BCUT2D eigenvalue weighted by molar-refractivity contribution is -0.353. The van der Waals surface area contributed by atoms with Crippen LogP contribution in [0.4, 0.5) is 4.39 Å². The van der Waals surface area contributed by atoms with Crippen LogP contribution in [0.25, 0.3) is 0 Å². The monoisotopic (exact) mass is 344 g/mol. The topological polar surface area (TPSA) is 169 Å². The molecule has 10 nitrogen and oxygen atoms in total. The van der Waals surface area contributed by atoms with Crippen molar-refractivity contribution in [2.75, 3.05) is 13.3 Å². The second-order valence-corrected chi connectivity index (χ2v) is 5.50. The molecule has 0 spiro atoms. The minimum absolute atomic E-state index is 0.692. The number of aliphatic hydroxyl groups excluding tert-OH is 7. The molecule has 0 aromatic carbocycles. The van der Waals surface area contributed by atoms with Crippen molar-refractivity contribution in [1.29, 1.82) is 0 Å². The second-order valence-electron chi connectivity index (χ2n) is 5.50. The normalized spacial score (nSPS) is 51.7. The van der Waals surface area contributed by atoms with Gasteiger partial charge in [-0.2, -0.15) is 0 Å². The third-order valence-electron chi connectivity index (χ3n) is 3.95. The Morgan fingerprint density at radius 3 is 2.00 bits per heavy atom. The van der Waals surface area contributed by atoms with Gasteiger partial charge in [0.15, 0.2) is 12.6 Å². The molecule has 10 atom stereocenters. The molecule has 11 heteroatoms.